The van der Waals surface area contributed by atoms with Crippen LogP contribution >= 0.6 is 0 Å². The second kappa shape index (κ2) is 7.33. The van der Waals surface area contributed by atoms with Gasteiger partial charge in [0.2, 0.25) is 5.91 Å². The number of anilines is 2. The van der Waals surface area contributed by atoms with Crippen LogP contribution in [-0.2, 0) is 14.3 Å². The number of carbonyl (C=O) groups is 2. The molecule has 4 aliphatic rings. The summed E-state index contributed by atoms with van der Waals surface area (Å²) >= 11 is 0. The minimum atomic E-state index is -0.313. The third-order valence-corrected chi connectivity index (χ3v) is 7.37. The first-order chi connectivity index (χ1) is 15.5. The van der Waals surface area contributed by atoms with Crippen LogP contribution in [0.5, 0.6) is 0 Å². The van der Waals surface area contributed by atoms with Gasteiger partial charge in [-0.2, -0.15) is 5.10 Å². The van der Waals surface area contributed by atoms with Crippen molar-refractivity contribution in [3.63, 3.8) is 0 Å². The maximum Gasteiger partial charge on any atom is 0.414 e. The average molecular weight is 437 g/mol. The lowest BCUT2D eigenvalue weighted by Crippen LogP contribution is -2.51. The first kappa shape index (κ1) is 19.8. The lowest BCUT2D eigenvalue weighted by atomic mass is 10.0. The van der Waals surface area contributed by atoms with E-state index in [-0.39, 0.29) is 30.2 Å². The molecule has 2 saturated carbocycles. The zero-order chi connectivity index (χ0) is 22.0. The predicted molar refractivity (Wildman–Crippen MR) is 119 cm³/mol. The van der Waals surface area contributed by atoms with Gasteiger partial charge in [-0.05, 0) is 55.7 Å². The summed E-state index contributed by atoms with van der Waals surface area (Å²) in [5, 5.41) is 4.48. The molecule has 1 aromatic carbocycles. The van der Waals surface area contributed by atoms with Gasteiger partial charge in [-0.15, -0.1) is 0 Å². The average Bonchev–Trinajstić information content (AvgIpc) is 3.09. The minimum absolute atomic E-state index is 0.0157. The fraction of sp³-hybridized carbons (Fsp3) is 0.542. The highest BCUT2D eigenvalue weighted by molar-refractivity contribution is 6.03. The van der Waals surface area contributed by atoms with Gasteiger partial charge in [-0.1, -0.05) is 6.07 Å². The summed E-state index contributed by atoms with van der Waals surface area (Å²) in [6.45, 7) is 5.30. The Balaban J connectivity index is 1.32. The summed E-state index contributed by atoms with van der Waals surface area (Å²) in [5.41, 5.74) is 3.37. The zero-order valence-electron chi connectivity index (χ0n) is 18.4. The van der Waals surface area contributed by atoms with E-state index in [1.165, 1.54) is 6.42 Å². The molecule has 3 heterocycles. The fourth-order valence-corrected chi connectivity index (χ4v) is 5.48. The van der Waals surface area contributed by atoms with Crippen molar-refractivity contribution < 1.29 is 19.1 Å². The van der Waals surface area contributed by atoms with E-state index in [0.29, 0.717) is 25.4 Å². The Morgan fingerprint density at radius 1 is 1.09 bits per heavy atom. The van der Waals surface area contributed by atoms with Gasteiger partial charge in [0.25, 0.3) is 0 Å². The van der Waals surface area contributed by atoms with Gasteiger partial charge < -0.3 is 14.4 Å². The zero-order valence-corrected chi connectivity index (χ0v) is 18.4. The van der Waals surface area contributed by atoms with Gasteiger partial charge in [-0.25, -0.2) is 4.79 Å². The molecule has 0 spiro atoms. The van der Waals surface area contributed by atoms with E-state index in [9.17, 15) is 9.59 Å². The van der Waals surface area contributed by atoms with Crippen LogP contribution in [0.4, 0.5) is 16.2 Å². The van der Waals surface area contributed by atoms with Crippen molar-refractivity contribution in [1.29, 1.82) is 0 Å². The molecule has 1 saturated heterocycles. The Labute approximate surface area is 187 Å². The number of nitrogens with zero attached hydrogens (tertiary/aromatic N) is 4. The summed E-state index contributed by atoms with van der Waals surface area (Å²) in [4.78, 5) is 29.1. The highest BCUT2D eigenvalue weighted by Crippen LogP contribution is 2.52. The van der Waals surface area contributed by atoms with Crippen molar-refractivity contribution in [2.75, 3.05) is 29.6 Å². The molecule has 1 aromatic heterocycles. The Bertz CT molecular complexity index is 1070. The summed E-state index contributed by atoms with van der Waals surface area (Å²) in [5.74, 6) is 1.46. The Hall–Kier alpha value is -2.87. The normalized spacial score (nSPS) is 28.7. The molecule has 0 bridgehead atoms. The number of hydrogen-bond donors (Lipinski definition) is 0. The largest absolute Gasteiger partial charge is 0.446 e. The van der Waals surface area contributed by atoms with E-state index >= 15 is 0 Å². The second-order valence-corrected chi connectivity index (χ2v) is 9.69. The number of rotatable bonds is 3. The molecule has 2 aromatic rings. The number of fused-ring (bicyclic) bond motifs is 2. The predicted octanol–water partition coefficient (Wildman–Crippen LogP) is 3.62. The smallest absolute Gasteiger partial charge is 0.414 e. The van der Waals surface area contributed by atoms with Gasteiger partial charge in [0.15, 0.2) is 0 Å². The van der Waals surface area contributed by atoms with E-state index in [4.69, 9.17) is 9.47 Å². The SMILES string of the molecule is CC(=O)N1c2ccc(-c3cnn(C4COC4)c3)cc2N(C(=O)OC2CC3CC3C2)C[C@@H]1C. The van der Waals surface area contributed by atoms with Gasteiger partial charge in [0, 0.05) is 25.2 Å². The maximum atomic E-state index is 13.2. The maximum absolute atomic E-state index is 13.2. The highest BCUT2D eigenvalue weighted by Gasteiger charge is 2.48. The van der Waals surface area contributed by atoms with Crippen LogP contribution in [-0.4, -0.2) is 53.7 Å². The van der Waals surface area contributed by atoms with Crippen LogP contribution in [0.25, 0.3) is 11.1 Å². The highest BCUT2D eigenvalue weighted by atomic mass is 16.6. The summed E-state index contributed by atoms with van der Waals surface area (Å²) in [6.07, 6.45) is 6.80. The van der Waals surface area contributed by atoms with Crippen LogP contribution in [0, 0.1) is 11.8 Å². The molecule has 8 heteroatoms. The van der Waals surface area contributed by atoms with Crippen LogP contribution < -0.4 is 9.80 Å². The van der Waals surface area contributed by atoms with Crippen LogP contribution in [0.1, 0.15) is 39.2 Å². The number of carbonyl (C=O) groups excluding carboxylic acids is 2. The molecular formula is C24H28N4O4. The summed E-state index contributed by atoms with van der Waals surface area (Å²) < 4.78 is 13.1. The first-order valence-electron chi connectivity index (χ1n) is 11.5. The summed E-state index contributed by atoms with van der Waals surface area (Å²) in [7, 11) is 0. The molecule has 3 fully saturated rings. The number of aromatic nitrogens is 2. The third-order valence-electron chi connectivity index (χ3n) is 7.37. The molecule has 2 aliphatic carbocycles. The van der Waals surface area contributed by atoms with E-state index in [0.717, 1.165) is 41.5 Å². The van der Waals surface area contributed by atoms with Crippen molar-refractivity contribution in [2.24, 2.45) is 11.8 Å². The van der Waals surface area contributed by atoms with Crippen LogP contribution in [0.2, 0.25) is 0 Å². The monoisotopic (exact) mass is 436 g/mol. The Morgan fingerprint density at radius 3 is 2.56 bits per heavy atom. The van der Waals surface area contributed by atoms with E-state index in [2.05, 4.69) is 5.10 Å². The molecule has 0 N–H and O–H groups in total. The molecule has 2 amide bonds. The molecule has 3 atom stereocenters. The van der Waals surface area contributed by atoms with E-state index < -0.39 is 0 Å². The van der Waals surface area contributed by atoms with Crippen molar-refractivity contribution in [2.45, 2.75) is 51.3 Å². The summed E-state index contributed by atoms with van der Waals surface area (Å²) in [6, 6.07) is 6.04. The number of hydrogen-bond acceptors (Lipinski definition) is 5. The van der Waals surface area contributed by atoms with Gasteiger partial charge in [0.05, 0.1) is 42.9 Å². The minimum Gasteiger partial charge on any atom is -0.446 e. The van der Waals surface area contributed by atoms with E-state index in [1.54, 1.807) is 16.7 Å². The van der Waals surface area contributed by atoms with Gasteiger partial charge in [0.1, 0.15) is 6.10 Å². The van der Waals surface area contributed by atoms with Crippen molar-refractivity contribution in [3.8, 4) is 11.1 Å². The third kappa shape index (κ3) is 3.28. The van der Waals surface area contributed by atoms with E-state index in [1.807, 2.05) is 42.2 Å². The molecule has 2 unspecified atom stereocenters. The molecular weight excluding hydrogens is 408 g/mol. The molecule has 32 heavy (non-hydrogen) atoms. The van der Waals surface area contributed by atoms with Crippen molar-refractivity contribution in [3.05, 3.63) is 30.6 Å². The quantitative estimate of drug-likeness (QED) is 0.735. The number of ether oxygens (including phenoxy) is 2. The molecule has 6 rings (SSSR count). The van der Waals surface area contributed by atoms with Gasteiger partial charge >= 0.3 is 6.09 Å². The lowest BCUT2D eigenvalue weighted by molar-refractivity contribution is -0.117. The van der Waals surface area contributed by atoms with Crippen molar-refractivity contribution in [1.82, 2.24) is 9.78 Å². The standard InChI is InChI=1S/C24H28N4O4/c1-14-10-26(24(30)32-21-6-17-5-18(17)7-21)23-8-16(3-4-22(23)28(14)15(2)29)19-9-25-27(11-19)20-12-31-13-20/h3-4,8-9,11,14,17-18,20-21H,5-7,10,12-13H2,1-2H3/t14-,17?,18?,21?/m0/s1. The second-order valence-electron chi connectivity index (χ2n) is 9.69. The fourth-order valence-electron chi connectivity index (χ4n) is 5.48. The molecule has 2 aliphatic heterocycles. The lowest BCUT2D eigenvalue weighted by Gasteiger charge is -2.40. The molecule has 168 valence electrons. The Kier molecular flexibility index (Phi) is 4.54. The molecule has 0 radical (unpaired) electrons. The van der Waals surface area contributed by atoms with Crippen LogP contribution in [0.3, 0.4) is 0 Å². The van der Waals surface area contributed by atoms with Crippen LogP contribution in [0.15, 0.2) is 30.6 Å². The topological polar surface area (TPSA) is 76.9 Å². The van der Waals surface area contributed by atoms with Crippen molar-refractivity contribution >= 4 is 23.4 Å². The molecule has 8 nitrogen and oxygen atoms in total. The van der Waals surface area contributed by atoms with Gasteiger partial charge in [-0.3, -0.25) is 14.4 Å². The number of benzene rings is 1. The first-order valence-corrected chi connectivity index (χ1v) is 11.5. The number of amides is 2. The Morgan fingerprint density at radius 2 is 1.88 bits per heavy atom.